The van der Waals surface area contributed by atoms with Crippen molar-refractivity contribution in [1.82, 2.24) is 14.9 Å². The number of carbonyl (C=O) groups excluding carboxylic acids is 2. The minimum Gasteiger partial charge on any atom is -0.494 e. The molecule has 4 rings (SSSR count). The van der Waals surface area contributed by atoms with Gasteiger partial charge in [0.05, 0.1) is 31.4 Å². The monoisotopic (exact) mass is 443 g/mol. The van der Waals surface area contributed by atoms with Crippen LogP contribution in [-0.4, -0.2) is 60.0 Å². The third-order valence-electron chi connectivity index (χ3n) is 5.34. The molecule has 0 unspecified atom stereocenters. The lowest BCUT2D eigenvalue weighted by Gasteiger charge is -2.31. The van der Waals surface area contributed by atoms with Crippen molar-refractivity contribution in [1.29, 1.82) is 0 Å². The second kappa shape index (κ2) is 8.85. The number of methoxy groups -OCH3 is 2. The Kier molecular flexibility index (Phi) is 5.99. The second-order valence-corrected chi connectivity index (χ2v) is 7.62. The molecule has 0 atom stereocenters. The van der Waals surface area contributed by atoms with E-state index < -0.39 is 11.7 Å². The number of benzene rings is 1. The van der Waals surface area contributed by atoms with Crippen molar-refractivity contribution >= 4 is 34.2 Å². The van der Waals surface area contributed by atoms with E-state index in [1.54, 1.807) is 17.0 Å². The average molecular weight is 444 g/mol. The molecule has 0 radical (unpaired) electrons. The van der Waals surface area contributed by atoms with Gasteiger partial charge in [0.15, 0.2) is 0 Å². The number of Topliss-reactive ketones (excluding diaryl/α,β-unsaturated/α-hetero) is 1. The molecule has 0 bridgehead atoms. The van der Waals surface area contributed by atoms with E-state index in [0.717, 1.165) is 5.75 Å². The number of hydrogen-bond acceptors (Lipinski definition) is 6. The Balaban J connectivity index is 1.46. The van der Waals surface area contributed by atoms with Crippen LogP contribution in [0.4, 0.5) is 0 Å². The third kappa shape index (κ3) is 4.16. The van der Waals surface area contributed by atoms with E-state index in [9.17, 15) is 9.59 Å². The maximum atomic E-state index is 13.0. The molecule has 1 amide bonds. The van der Waals surface area contributed by atoms with Crippen molar-refractivity contribution < 1.29 is 23.8 Å². The van der Waals surface area contributed by atoms with Crippen LogP contribution in [0.3, 0.4) is 0 Å². The van der Waals surface area contributed by atoms with Crippen LogP contribution in [0.15, 0.2) is 36.7 Å². The van der Waals surface area contributed by atoms with Crippen LogP contribution in [0.1, 0.15) is 23.2 Å². The van der Waals surface area contributed by atoms with Gasteiger partial charge in [-0.15, -0.1) is 0 Å². The van der Waals surface area contributed by atoms with E-state index in [2.05, 4.69) is 9.97 Å². The van der Waals surface area contributed by atoms with E-state index in [4.69, 9.17) is 25.8 Å². The van der Waals surface area contributed by atoms with Crippen molar-refractivity contribution in [2.24, 2.45) is 0 Å². The third-order valence-corrected chi connectivity index (χ3v) is 5.59. The summed E-state index contributed by atoms with van der Waals surface area (Å²) >= 11 is 5.90. The summed E-state index contributed by atoms with van der Waals surface area (Å²) in [5.41, 5.74) is 0.741. The molecule has 1 saturated heterocycles. The molecule has 0 aliphatic carbocycles. The molecule has 0 spiro atoms. The quantitative estimate of drug-likeness (QED) is 0.463. The van der Waals surface area contributed by atoms with Gasteiger partial charge in [0.2, 0.25) is 5.88 Å². The molecule has 31 heavy (non-hydrogen) atoms. The molecule has 1 aromatic carbocycles. The number of rotatable bonds is 6. The number of piperidine rings is 1. The average Bonchev–Trinajstić information content (AvgIpc) is 3.25. The van der Waals surface area contributed by atoms with Crippen molar-refractivity contribution in [2.45, 2.75) is 18.9 Å². The predicted octanol–water partition coefficient (Wildman–Crippen LogP) is 3.49. The molecule has 3 aromatic rings. The Morgan fingerprint density at radius 2 is 1.84 bits per heavy atom. The Hall–Kier alpha value is -3.26. The van der Waals surface area contributed by atoms with E-state index in [0.29, 0.717) is 53.5 Å². The molecule has 0 saturated carbocycles. The normalized spacial score (nSPS) is 14.5. The minimum absolute atomic E-state index is 0.0242. The van der Waals surface area contributed by atoms with Crippen LogP contribution in [0.5, 0.6) is 17.4 Å². The van der Waals surface area contributed by atoms with E-state index in [-0.39, 0.29) is 11.7 Å². The van der Waals surface area contributed by atoms with Gasteiger partial charge in [-0.05, 0) is 24.3 Å². The highest BCUT2D eigenvalue weighted by molar-refractivity contribution is 6.45. The van der Waals surface area contributed by atoms with Gasteiger partial charge in [-0.25, -0.2) is 4.98 Å². The van der Waals surface area contributed by atoms with Gasteiger partial charge in [-0.3, -0.25) is 9.59 Å². The maximum absolute atomic E-state index is 13.0. The highest BCUT2D eigenvalue weighted by atomic mass is 35.5. The highest BCUT2D eigenvalue weighted by Crippen LogP contribution is 2.33. The number of hydrogen-bond donors (Lipinski definition) is 1. The summed E-state index contributed by atoms with van der Waals surface area (Å²) in [5.74, 6) is 0.294. The lowest BCUT2D eigenvalue weighted by molar-refractivity contribution is -0.128. The van der Waals surface area contributed by atoms with Crippen LogP contribution in [0, 0.1) is 0 Å². The van der Waals surface area contributed by atoms with Crippen LogP contribution in [-0.2, 0) is 4.79 Å². The van der Waals surface area contributed by atoms with Crippen molar-refractivity contribution in [3.8, 4) is 17.4 Å². The Morgan fingerprint density at radius 3 is 2.48 bits per heavy atom. The smallest absolute Gasteiger partial charge is 0.295 e. The van der Waals surface area contributed by atoms with E-state index in [1.807, 2.05) is 12.1 Å². The fraction of sp³-hybridized carbons (Fsp3) is 0.318. The molecule has 162 valence electrons. The van der Waals surface area contributed by atoms with Crippen LogP contribution in [0.2, 0.25) is 5.02 Å². The molecule has 2 aromatic heterocycles. The van der Waals surface area contributed by atoms with Crippen molar-refractivity contribution in [2.75, 3.05) is 27.3 Å². The van der Waals surface area contributed by atoms with Gasteiger partial charge >= 0.3 is 0 Å². The van der Waals surface area contributed by atoms with Gasteiger partial charge in [-0.2, -0.15) is 0 Å². The minimum atomic E-state index is -0.602. The number of H-pyrrole nitrogens is 1. The number of nitrogens with one attached hydrogen (secondary N) is 1. The standard InChI is InChI=1S/C22H22ClN3O5/c1-29-17-12-25-21(30-2)19-18(17)16(11-24-19)20(27)22(28)26-9-7-15(8-10-26)31-14-5-3-13(23)4-6-14/h3-6,11-12,15,24H,7-10H2,1-2H3. The van der Waals surface area contributed by atoms with Gasteiger partial charge in [0.25, 0.3) is 11.7 Å². The van der Waals surface area contributed by atoms with E-state index in [1.165, 1.54) is 26.6 Å². The number of fused-ring (bicyclic) bond motifs is 1. The maximum Gasteiger partial charge on any atom is 0.295 e. The predicted molar refractivity (Wildman–Crippen MR) is 115 cm³/mol. The molecule has 1 aliphatic heterocycles. The molecule has 1 aliphatic rings. The summed E-state index contributed by atoms with van der Waals surface area (Å²) in [6.45, 7) is 0.875. The topological polar surface area (TPSA) is 93.8 Å². The largest absolute Gasteiger partial charge is 0.494 e. The molecule has 1 N–H and O–H groups in total. The van der Waals surface area contributed by atoms with Gasteiger partial charge in [0.1, 0.15) is 23.1 Å². The van der Waals surface area contributed by atoms with Crippen LogP contribution < -0.4 is 14.2 Å². The molecular weight excluding hydrogens is 422 g/mol. The van der Waals surface area contributed by atoms with E-state index >= 15 is 0 Å². The first-order valence-corrected chi connectivity index (χ1v) is 10.2. The molecule has 3 heterocycles. The number of carbonyl (C=O) groups is 2. The SMILES string of the molecule is COc1ncc(OC)c2c(C(=O)C(=O)N3CCC(Oc4ccc(Cl)cc4)CC3)c[nH]c12. The zero-order valence-corrected chi connectivity index (χ0v) is 17.9. The Morgan fingerprint density at radius 1 is 1.13 bits per heavy atom. The number of halogens is 1. The number of amides is 1. The first kappa shape index (κ1) is 21.0. The number of nitrogens with zero attached hydrogens (tertiary/aromatic N) is 2. The summed E-state index contributed by atoms with van der Waals surface area (Å²) in [4.78, 5) is 34.6. The summed E-state index contributed by atoms with van der Waals surface area (Å²) in [6.07, 6.45) is 4.21. The van der Waals surface area contributed by atoms with Gasteiger partial charge < -0.3 is 24.1 Å². The molecule has 1 fully saturated rings. The summed E-state index contributed by atoms with van der Waals surface area (Å²) in [6, 6.07) is 7.18. The summed E-state index contributed by atoms with van der Waals surface area (Å²) < 4.78 is 16.5. The number of ether oxygens (including phenoxy) is 3. The number of aromatic nitrogens is 2. The molecule has 8 nitrogen and oxygen atoms in total. The zero-order valence-electron chi connectivity index (χ0n) is 17.2. The lowest BCUT2D eigenvalue weighted by Crippen LogP contribution is -2.44. The Labute approximate surface area is 184 Å². The number of aromatic amines is 1. The summed E-state index contributed by atoms with van der Waals surface area (Å²) in [5, 5.41) is 1.13. The van der Waals surface area contributed by atoms with Gasteiger partial charge in [-0.1, -0.05) is 11.6 Å². The number of ketones is 1. The molecular formula is C22H22ClN3O5. The number of pyridine rings is 1. The van der Waals surface area contributed by atoms with Gasteiger partial charge in [0, 0.05) is 37.2 Å². The van der Waals surface area contributed by atoms with Crippen molar-refractivity contribution in [3.63, 3.8) is 0 Å². The number of likely N-dealkylation sites (tertiary alicyclic amines) is 1. The van der Waals surface area contributed by atoms with Crippen LogP contribution in [0.25, 0.3) is 10.9 Å². The summed E-state index contributed by atoms with van der Waals surface area (Å²) in [7, 11) is 2.97. The van der Waals surface area contributed by atoms with Crippen LogP contribution >= 0.6 is 11.6 Å². The highest BCUT2D eigenvalue weighted by Gasteiger charge is 2.31. The second-order valence-electron chi connectivity index (χ2n) is 7.18. The van der Waals surface area contributed by atoms with Crippen molar-refractivity contribution in [3.05, 3.63) is 47.2 Å². The fourth-order valence-electron chi connectivity index (χ4n) is 3.72. The zero-order chi connectivity index (χ0) is 22.0. The first-order valence-electron chi connectivity index (χ1n) is 9.85. The Bertz CT molecular complexity index is 1100. The molecule has 9 heteroatoms. The fourth-order valence-corrected chi connectivity index (χ4v) is 3.85. The first-order chi connectivity index (χ1) is 15.0. The lowest BCUT2D eigenvalue weighted by atomic mass is 10.0.